The Hall–Kier alpha value is -0.200. The molecular formula is C13H22O5. The van der Waals surface area contributed by atoms with Crippen LogP contribution in [0.25, 0.3) is 0 Å². The van der Waals surface area contributed by atoms with Gasteiger partial charge in [-0.1, -0.05) is 6.92 Å². The van der Waals surface area contributed by atoms with Crippen LogP contribution in [0.1, 0.15) is 34.6 Å². The highest BCUT2D eigenvalue weighted by molar-refractivity contribution is 5.05. The summed E-state index contributed by atoms with van der Waals surface area (Å²) >= 11 is 0. The lowest BCUT2D eigenvalue weighted by Crippen LogP contribution is -2.57. The molecule has 0 aromatic carbocycles. The second kappa shape index (κ2) is 3.67. The first kappa shape index (κ1) is 12.8. The van der Waals surface area contributed by atoms with E-state index in [4.69, 9.17) is 18.9 Å². The molecule has 2 aliphatic heterocycles. The zero-order valence-corrected chi connectivity index (χ0v) is 11.5. The van der Waals surface area contributed by atoms with Gasteiger partial charge in [0, 0.05) is 5.92 Å². The molecule has 3 rings (SSSR count). The predicted octanol–water partition coefficient (Wildman–Crippen LogP) is 1.04. The largest absolute Gasteiger partial charge is 0.387 e. The third kappa shape index (κ3) is 1.80. The second-order valence-electron chi connectivity index (χ2n) is 6.48. The molecule has 0 bridgehead atoms. The summed E-state index contributed by atoms with van der Waals surface area (Å²) in [6.07, 6.45) is -1.68. The van der Waals surface area contributed by atoms with Crippen molar-refractivity contribution in [3.63, 3.8) is 0 Å². The van der Waals surface area contributed by atoms with E-state index in [0.717, 1.165) is 0 Å². The van der Waals surface area contributed by atoms with Gasteiger partial charge in [0.05, 0.1) is 12.2 Å². The van der Waals surface area contributed by atoms with Crippen LogP contribution in [0.3, 0.4) is 0 Å². The van der Waals surface area contributed by atoms with Gasteiger partial charge in [-0.3, -0.25) is 0 Å². The Morgan fingerprint density at radius 3 is 1.44 bits per heavy atom. The van der Waals surface area contributed by atoms with E-state index in [1.54, 1.807) is 0 Å². The fourth-order valence-electron chi connectivity index (χ4n) is 3.35. The summed E-state index contributed by atoms with van der Waals surface area (Å²) in [6, 6.07) is 0. The summed E-state index contributed by atoms with van der Waals surface area (Å²) in [5, 5.41) is 10.4. The Morgan fingerprint density at radius 2 is 1.06 bits per heavy atom. The maximum Gasteiger partial charge on any atom is 0.163 e. The maximum absolute atomic E-state index is 10.4. The average molecular weight is 258 g/mol. The van der Waals surface area contributed by atoms with Crippen LogP contribution in [0.4, 0.5) is 0 Å². The van der Waals surface area contributed by atoms with Crippen molar-refractivity contribution in [2.75, 3.05) is 0 Å². The third-order valence-electron chi connectivity index (χ3n) is 4.04. The van der Waals surface area contributed by atoms with Crippen LogP contribution in [-0.4, -0.2) is 47.2 Å². The highest BCUT2D eigenvalue weighted by Crippen LogP contribution is 2.46. The van der Waals surface area contributed by atoms with E-state index in [-0.39, 0.29) is 30.3 Å². The van der Waals surface area contributed by atoms with Crippen LogP contribution in [0.15, 0.2) is 0 Å². The number of aliphatic hydroxyl groups excluding tert-OH is 1. The molecule has 3 aliphatic rings. The van der Waals surface area contributed by atoms with Crippen molar-refractivity contribution in [2.24, 2.45) is 5.92 Å². The zero-order chi connectivity index (χ0) is 13.3. The number of rotatable bonds is 0. The molecule has 3 fully saturated rings. The van der Waals surface area contributed by atoms with E-state index < -0.39 is 17.7 Å². The van der Waals surface area contributed by atoms with Gasteiger partial charge in [0.2, 0.25) is 0 Å². The van der Waals surface area contributed by atoms with Crippen molar-refractivity contribution in [1.29, 1.82) is 0 Å². The molecule has 5 nitrogen and oxygen atoms in total. The molecule has 1 aliphatic carbocycles. The molecule has 5 heteroatoms. The van der Waals surface area contributed by atoms with Crippen LogP contribution in [0.5, 0.6) is 0 Å². The van der Waals surface area contributed by atoms with Crippen molar-refractivity contribution in [3.8, 4) is 0 Å². The summed E-state index contributed by atoms with van der Waals surface area (Å²) in [6.45, 7) is 9.54. The monoisotopic (exact) mass is 258 g/mol. The van der Waals surface area contributed by atoms with E-state index >= 15 is 0 Å². The Labute approximate surface area is 107 Å². The van der Waals surface area contributed by atoms with Gasteiger partial charge in [-0.2, -0.15) is 0 Å². The minimum atomic E-state index is -0.709. The number of ether oxygens (including phenoxy) is 4. The summed E-state index contributed by atoms with van der Waals surface area (Å²) in [5.41, 5.74) is 0. The number of hydrogen-bond donors (Lipinski definition) is 1. The van der Waals surface area contributed by atoms with Crippen LogP contribution in [0, 0.1) is 5.92 Å². The lowest BCUT2D eigenvalue weighted by molar-refractivity contribution is -0.180. The summed E-state index contributed by atoms with van der Waals surface area (Å²) in [5.74, 6) is -1.18. The van der Waals surface area contributed by atoms with E-state index in [1.807, 2.05) is 27.7 Å². The molecule has 0 spiro atoms. The fourth-order valence-corrected chi connectivity index (χ4v) is 3.35. The topological polar surface area (TPSA) is 57.2 Å². The maximum atomic E-state index is 10.4. The van der Waals surface area contributed by atoms with Gasteiger partial charge in [-0.15, -0.1) is 0 Å². The molecule has 1 saturated carbocycles. The number of hydrogen-bond acceptors (Lipinski definition) is 5. The fraction of sp³-hybridized carbons (Fsp3) is 1.00. The number of fused-ring (bicyclic) bond motifs is 2. The first-order chi connectivity index (χ1) is 8.20. The summed E-state index contributed by atoms with van der Waals surface area (Å²) in [4.78, 5) is 0. The van der Waals surface area contributed by atoms with Gasteiger partial charge in [0.15, 0.2) is 11.6 Å². The number of aliphatic hydroxyl groups is 1. The van der Waals surface area contributed by atoms with Gasteiger partial charge >= 0.3 is 0 Å². The molecule has 2 heterocycles. The SMILES string of the molecule is CC1[C@H]2OC(C)(C)O[C@H]2C(O)[C@H]2OC(C)(C)O[C@@H]12. The molecule has 2 unspecified atom stereocenters. The highest BCUT2D eigenvalue weighted by Gasteiger charge is 2.61. The smallest absolute Gasteiger partial charge is 0.163 e. The van der Waals surface area contributed by atoms with E-state index in [0.29, 0.717) is 0 Å². The molecule has 6 atom stereocenters. The zero-order valence-electron chi connectivity index (χ0n) is 11.5. The lowest BCUT2D eigenvalue weighted by atomic mass is 9.80. The molecule has 0 aromatic rings. The van der Waals surface area contributed by atoms with Gasteiger partial charge < -0.3 is 24.1 Å². The van der Waals surface area contributed by atoms with Crippen molar-refractivity contribution in [3.05, 3.63) is 0 Å². The lowest BCUT2D eigenvalue weighted by Gasteiger charge is -2.39. The van der Waals surface area contributed by atoms with E-state index in [9.17, 15) is 5.11 Å². The predicted molar refractivity (Wildman–Crippen MR) is 62.8 cm³/mol. The third-order valence-corrected chi connectivity index (χ3v) is 4.04. The van der Waals surface area contributed by atoms with Crippen LogP contribution in [0.2, 0.25) is 0 Å². The molecule has 1 N–H and O–H groups in total. The molecule has 18 heavy (non-hydrogen) atoms. The van der Waals surface area contributed by atoms with E-state index in [2.05, 4.69) is 6.92 Å². The van der Waals surface area contributed by atoms with Crippen molar-refractivity contribution < 1.29 is 24.1 Å². The van der Waals surface area contributed by atoms with E-state index in [1.165, 1.54) is 0 Å². The quantitative estimate of drug-likeness (QED) is 0.703. The van der Waals surface area contributed by atoms with Crippen LogP contribution in [-0.2, 0) is 18.9 Å². The van der Waals surface area contributed by atoms with Crippen molar-refractivity contribution in [1.82, 2.24) is 0 Å². The highest BCUT2D eigenvalue weighted by atomic mass is 16.8. The molecule has 0 radical (unpaired) electrons. The Morgan fingerprint density at radius 1 is 0.722 bits per heavy atom. The Balaban J connectivity index is 1.88. The average Bonchev–Trinajstić information content (AvgIpc) is 2.72. The first-order valence-corrected chi connectivity index (χ1v) is 6.59. The normalized spacial score (nSPS) is 53.0. The van der Waals surface area contributed by atoms with Gasteiger partial charge in [0.25, 0.3) is 0 Å². The molecule has 0 aromatic heterocycles. The van der Waals surface area contributed by atoms with Gasteiger partial charge in [-0.05, 0) is 27.7 Å². The van der Waals surface area contributed by atoms with Crippen molar-refractivity contribution in [2.45, 2.75) is 76.7 Å². The van der Waals surface area contributed by atoms with Crippen molar-refractivity contribution >= 4 is 0 Å². The molecule has 2 saturated heterocycles. The molecular weight excluding hydrogens is 236 g/mol. The second-order valence-corrected chi connectivity index (χ2v) is 6.48. The minimum Gasteiger partial charge on any atom is -0.387 e. The first-order valence-electron chi connectivity index (χ1n) is 6.59. The Kier molecular flexibility index (Phi) is 2.61. The standard InChI is InChI=1S/C13H22O5/c1-6-8-10(17-12(2,3)15-8)7(14)11-9(6)16-13(4,5)18-11/h6-11,14H,1-5H3/t6?,7?,8-,9+,10+,11-. The summed E-state index contributed by atoms with van der Waals surface area (Å²) < 4.78 is 23.4. The van der Waals surface area contributed by atoms with Crippen LogP contribution < -0.4 is 0 Å². The summed E-state index contributed by atoms with van der Waals surface area (Å²) in [7, 11) is 0. The van der Waals surface area contributed by atoms with Gasteiger partial charge in [-0.25, -0.2) is 0 Å². The molecule has 0 amide bonds. The van der Waals surface area contributed by atoms with Crippen LogP contribution >= 0.6 is 0 Å². The van der Waals surface area contributed by atoms with Gasteiger partial charge in [0.1, 0.15) is 18.3 Å². The molecule has 104 valence electrons. The minimum absolute atomic E-state index is 0.131. The Bertz CT molecular complexity index is 291.